The molecule has 0 N–H and O–H groups in total. The first-order valence-corrected chi connectivity index (χ1v) is 29.4. The van der Waals surface area contributed by atoms with Crippen LogP contribution in [-0.2, 0) is 18.4 Å². The van der Waals surface area contributed by atoms with Gasteiger partial charge in [0.15, 0.2) is 16.6 Å². The third-order valence-corrected chi connectivity index (χ3v) is 24.2. The first kappa shape index (κ1) is 52.8. The van der Waals surface area contributed by atoms with Crippen molar-refractivity contribution >= 4 is 28.2 Å². The molecule has 2 fully saturated rings. The third kappa shape index (κ3) is 14.6. The van der Waals surface area contributed by atoms with Gasteiger partial charge >= 0.3 is 0 Å². The van der Waals surface area contributed by atoms with Gasteiger partial charge < -0.3 is 8.85 Å². The summed E-state index contributed by atoms with van der Waals surface area (Å²) in [6.45, 7) is 45.5. The van der Waals surface area contributed by atoms with Crippen LogP contribution < -0.4 is 0 Å². The number of rotatable bonds is 19. The Morgan fingerprint density at radius 2 is 0.879 bits per heavy atom. The number of ketones is 2. The number of carbonyl (C=O) groups excluding carboxylic acids is 2. The summed E-state index contributed by atoms with van der Waals surface area (Å²) in [5, 5.41) is 0.165. The van der Waals surface area contributed by atoms with Crippen molar-refractivity contribution in [1.29, 1.82) is 0 Å². The van der Waals surface area contributed by atoms with Gasteiger partial charge in [-0.25, -0.2) is 0 Å². The van der Waals surface area contributed by atoms with Crippen molar-refractivity contribution in [3.05, 3.63) is 46.6 Å². The highest BCUT2D eigenvalue weighted by Gasteiger charge is 2.49. The van der Waals surface area contributed by atoms with Gasteiger partial charge in [-0.2, -0.15) is 0 Å². The molecule has 0 bridgehead atoms. The molecule has 0 aromatic carbocycles. The maximum Gasteiger partial charge on any atom is 0.192 e. The lowest BCUT2D eigenvalue weighted by atomic mass is 9.66. The summed E-state index contributed by atoms with van der Waals surface area (Å²) in [5.41, 5.74) is 5.35. The van der Waals surface area contributed by atoms with Gasteiger partial charge in [-0.15, -0.1) is 0 Å². The van der Waals surface area contributed by atoms with Gasteiger partial charge in [-0.1, -0.05) is 119 Å². The average Bonchev–Trinajstić information content (AvgIpc) is 3.09. The van der Waals surface area contributed by atoms with Crippen molar-refractivity contribution in [2.75, 3.05) is 0 Å². The molecule has 2 saturated carbocycles. The second-order valence-electron chi connectivity index (χ2n) is 22.9. The molecule has 0 aliphatic heterocycles. The number of allylic oxidation sites excluding steroid dienone is 6. The molecule has 0 radical (unpaired) electrons. The summed E-state index contributed by atoms with van der Waals surface area (Å²) in [7, 11) is -4.21. The zero-order valence-corrected chi connectivity index (χ0v) is 43.8. The van der Waals surface area contributed by atoms with Crippen LogP contribution in [0.25, 0.3) is 0 Å². The predicted octanol–water partition coefficient (Wildman–Crippen LogP) is 15.7. The van der Waals surface area contributed by atoms with Gasteiger partial charge in [0, 0.05) is 23.7 Å². The van der Waals surface area contributed by atoms with Crippen LogP contribution in [0.3, 0.4) is 0 Å². The molecule has 6 heteroatoms. The molecule has 0 aromatic rings. The minimum absolute atomic E-state index is 0.0561. The lowest BCUT2D eigenvalue weighted by molar-refractivity contribution is -0.136. The molecule has 8 atom stereocenters. The maximum absolute atomic E-state index is 13.9. The second kappa shape index (κ2) is 22.1. The second-order valence-corrected chi connectivity index (χ2v) is 32.4. The Morgan fingerprint density at radius 1 is 0.569 bits per heavy atom. The van der Waals surface area contributed by atoms with Gasteiger partial charge in [0.25, 0.3) is 0 Å². The molecule has 334 valence electrons. The van der Waals surface area contributed by atoms with Crippen molar-refractivity contribution in [2.24, 2.45) is 47.3 Å². The van der Waals surface area contributed by atoms with Crippen molar-refractivity contribution in [3.8, 4) is 0 Å². The molecule has 4 nitrogen and oxygen atoms in total. The first-order valence-electron chi connectivity index (χ1n) is 23.6. The van der Waals surface area contributed by atoms with E-state index < -0.39 is 16.6 Å². The zero-order chi connectivity index (χ0) is 44.6. The number of Topliss-reactive ketones (excluding diaryl/α,β-unsaturated/α-hetero) is 2. The van der Waals surface area contributed by atoms with E-state index in [-0.39, 0.29) is 46.0 Å². The van der Waals surface area contributed by atoms with E-state index in [4.69, 9.17) is 8.85 Å². The largest absolute Gasteiger partial charge is 0.410 e. The first-order chi connectivity index (χ1) is 26.5. The smallest absolute Gasteiger partial charge is 0.192 e. The highest BCUT2D eigenvalue weighted by Crippen LogP contribution is 2.46. The standard InChI is InChI=1S/C52H94O4Si2/c1-35(2)43-33-31-39(7)47(53)45(43)49(55-57(17,18)51(11,12)13)41(9)29-23-27-37(5)25-21-22-26-38(6)28-24-30-42(10)50(56-58(19,20)52(14,15)16)46-44(36(3)4)34-32-40(8)48(46)54/h25-26,29-30,35-36,39-40,43-46,49-50H,21-24,27-28,31-34H2,1-20H3/b37-25+,38-26+,41-29+,42-30+/t39-,40-,43+,44+,45+,46+,49-,50-/m0/s1. The number of carbonyl (C=O) groups is 2. The van der Waals surface area contributed by atoms with Gasteiger partial charge in [-0.3, -0.25) is 9.59 Å². The summed E-state index contributed by atoms with van der Waals surface area (Å²) < 4.78 is 14.4. The van der Waals surface area contributed by atoms with Gasteiger partial charge in [0.2, 0.25) is 0 Å². The monoisotopic (exact) mass is 839 g/mol. The fraction of sp³-hybridized carbons (Fsp3) is 0.808. The molecule has 2 aliphatic rings. The van der Waals surface area contributed by atoms with E-state index in [1.807, 2.05) is 0 Å². The fourth-order valence-electron chi connectivity index (χ4n) is 8.89. The molecule has 0 unspecified atom stereocenters. The van der Waals surface area contributed by atoms with Gasteiger partial charge in [0.05, 0.1) is 12.2 Å². The summed E-state index contributed by atoms with van der Waals surface area (Å²) in [6.07, 6.45) is 19.6. The van der Waals surface area contributed by atoms with Crippen LogP contribution in [0.1, 0.15) is 175 Å². The van der Waals surface area contributed by atoms with E-state index in [0.29, 0.717) is 35.2 Å². The molecule has 2 aliphatic carbocycles. The van der Waals surface area contributed by atoms with Crippen molar-refractivity contribution < 1.29 is 18.4 Å². The number of hydrogen-bond acceptors (Lipinski definition) is 4. The molecule has 2 rings (SSSR count). The van der Waals surface area contributed by atoms with Crippen LogP contribution in [0.4, 0.5) is 0 Å². The van der Waals surface area contributed by atoms with Crippen LogP contribution in [0.15, 0.2) is 46.6 Å². The maximum atomic E-state index is 13.9. The van der Waals surface area contributed by atoms with E-state index in [0.717, 1.165) is 64.2 Å². The van der Waals surface area contributed by atoms with Gasteiger partial charge in [0.1, 0.15) is 11.6 Å². The fourth-order valence-corrected chi connectivity index (χ4v) is 11.5. The molecule has 0 spiro atoms. The van der Waals surface area contributed by atoms with E-state index in [1.165, 1.54) is 22.3 Å². The van der Waals surface area contributed by atoms with Crippen molar-refractivity contribution in [2.45, 2.75) is 223 Å². The van der Waals surface area contributed by atoms with Crippen LogP contribution in [0, 0.1) is 47.3 Å². The van der Waals surface area contributed by atoms with Crippen LogP contribution >= 0.6 is 0 Å². The molecule has 0 saturated heterocycles. The normalized spacial score (nSPS) is 26.5. The zero-order valence-electron chi connectivity index (χ0n) is 41.8. The summed E-state index contributed by atoms with van der Waals surface area (Å²) in [6, 6.07) is 0. The summed E-state index contributed by atoms with van der Waals surface area (Å²) in [4.78, 5) is 27.8. The topological polar surface area (TPSA) is 52.6 Å². The average molecular weight is 839 g/mol. The molecule has 0 heterocycles. The Balaban J connectivity index is 2.12. The van der Waals surface area contributed by atoms with Crippen LogP contribution in [0.2, 0.25) is 36.3 Å². The third-order valence-electron chi connectivity index (χ3n) is 15.3. The highest BCUT2D eigenvalue weighted by molar-refractivity contribution is 6.74. The predicted molar refractivity (Wildman–Crippen MR) is 257 cm³/mol. The van der Waals surface area contributed by atoms with Crippen molar-refractivity contribution in [3.63, 3.8) is 0 Å². The Labute approximate surface area is 362 Å². The number of hydrogen-bond donors (Lipinski definition) is 0. The molecule has 0 amide bonds. The Kier molecular flexibility index (Phi) is 20.2. The molecular formula is C52H94O4Si2. The SMILES string of the molecule is C/C(=C\CC/C=C(\C)CC/C=C(\C)[C@H](O[Si](C)(C)C(C)(C)C)[C@H]1C(=O)[C@@H](C)CC[C@@H]1C(C)C)CC/C=C(\C)[C@H](O[Si](C)(C)C(C)(C)C)[C@H]1C(=O)[C@@H](C)CC[C@@H]1C(C)C. The molecule has 0 aromatic heterocycles. The lowest BCUT2D eigenvalue weighted by Gasteiger charge is -2.46. The number of unbranched alkanes of at least 4 members (excludes halogenated alkanes) is 1. The van der Waals surface area contributed by atoms with E-state index in [9.17, 15) is 9.59 Å². The highest BCUT2D eigenvalue weighted by atomic mass is 28.4. The van der Waals surface area contributed by atoms with Crippen LogP contribution in [-0.4, -0.2) is 40.4 Å². The van der Waals surface area contributed by atoms with E-state index in [2.05, 4.69) is 161 Å². The van der Waals surface area contributed by atoms with E-state index in [1.54, 1.807) is 0 Å². The molecule has 58 heavy (non-hydrogen) atoms. The van der Waals surface area contributed by atoms with Gasteiger partial charge in [-0.05, 0) is 163 Å². The Bertz CT molecular complexity index is 1350. The lowest BCUT2D eigenvalue weighted by Crippen LogP contribution is -2.51. The Hall–Kier alpha value is -1.35. The summed E-state index contributed by atoms with van der Waals surface area (Å²) in [5.74, 6) is 2.60. The molecular weight excluding hydrogens is 745 g/mol. The van der Waals surface area contributed by atoms with E-state index >= 15 is 0 Å². The van der Waals surface area contributed by atoms with Crippen LogP contribution in [0.5, 0.6) is 0 Å². The minimum atomic E-state index is -2.11. The van der Waals surface area contributed by atoms with Crippen molar-refractivity contribution in [1.82, 2.24) is 0 Å². The quantitative estimate of drug-likeness (QED) is 0.0739. The Morgan fingerprint density at radius 3 is 1.16 bits per heavy atom. The summed E-state index contributed by atoms with van der Waals surface area (Å²) >= 11 is 0. The minimum Gasteiger partial charge on any atom is -0.410 e.